The van der Waals surface area contributed by atoms with E-state index in [1.807, 2.05) is 0 Å². The van der Waals surface area contributed by atoms with Crippen molar-refractivity contribution in [3.05, 3.63) is 35.4 Å². The van der Waals surface area contributed by atoms with Gasteiger partial charge in [0.15, 0.2) is 0 Å². The Hall–Kier alpha value is -0.860. The molecule has 0 bridgehead atoms. The number of nitrogens with two attached hydrogens (primary N) is 1. The third kappa shape index (κ3) is 3.57. The van der Waals surface area contributed by atoms with Gasteiger partial charge in [-0.05, 0) is 11.6 Å². The minimum atomic E-state index is 0.630. The van der Waals surface area contributed by atoms with Gasteiger partial charge in [-0.25, -0.2) is 0 Å². The van der Waals surface area contributed by atoms with E-state index in [1.165, 1.54) is 11.1 Å². The molecule has 2 heteroatoms. The maximum absolute atomic E-state index is 5.58. The normalized spacial score (nSPS) is 11.7. The molecule has 0 fully saturated rings. The second-order valence-electron chi connectivity index (χ2n) is 4.47. The molecule has 0 spiro atoms. The largest absolute Gasteiger partial charge is 0.327 e. The van der Waals surface area contributed by atoms with E-state index in [9.17, 15) is 0 Å². The van der Waals surface area contributed by atoms with Crippen LogP contribution in [0, 0.1) is 0 Å². The lowest BCUT2D eigenvalue weighted by molar-refractivity contribution is -0.884. The number of rotatable bonds is 3. The summed E-state index contributed by atoms with van der Waals surface area (Å²) < 4.78 is 0.952. The molecule has 1 aromatic rings. The van der Waals surface area contributed by atoms with Gasteiger partial charge in [-0.15, -0.1) is 0 Å². The Labute approximate surface area is 80.6 Å². The van der Waals surface area contributed by atoms with E-state index in [-0.39, 0.29) is 0 Å². The molecule has 0 atom stereocenters. The molecule has 0 aliphatic carbocycles. The first kappa shape index (κ1) is 10.2. The van der Waals surface area contributed by atoms with Gasteiger partial charge >= 0.3 is 0 Å². The molecule has 0 radical (unpaired) electrons. The van der Waals surface area contributed by atoms with Crippen LogP contribution in [0.1, 0.15) is 11.1 Å². The zero-order valence-corrected chi connectivity index (χ0v) is 8.75. The quantitative estimate of drug-likeness (QED) is 0.696. The number of hydrogen-bond acceptors (Lipinski definition) is 1. The van der Waals surface area contributed by atoms with Crippen molar-refractivity contribution in [2.75, 3.05) is 21.1 Å². The van der Waals surface area contributed by atoms with Crippen LogP contribution >= 0.6 is 0 Å². The Morgan fingerprint density at radius 3 is 2.31 bits per heavy atom. The zero-order chi connectivity index (χ0) is 9.90. The summed E-state index contributed by atoms with van der Waals surface area (Å²) >= 11 is 0. The maximum Gasteiger partial charge on any atom is 0.104 e. The van der Waals surface area contributed by atoms with Crippen molar-refractivity contribution in [1.29, 1.82) is 0 Å². The monoisotopic (exact) mass is 179 g/mol. The Morgan fingerprint density at radius 1 is 1.15 bits per heavy atom. The van der Waals surface area contributed by atoms with E-state index in [0.29, 0.717) is 6.54 Å². The van der Waals surface area contributed by atoms with Gasteiger partial charge in [-0.2, -0.15) is 0 Å². The standard InChI is InChI=1S/C11H19N2/c1-13(2,3)9-11-6-4-5-10(7-11)8-12/h4-7H,8-9,12H2,1-3H3/q+1. The summed E-state index contributed by atoms with van der Waals surface area (Å²) in [4.78, 5) is 0. The van der Waals surface area contributed by atoms with Crippen molar-refractivity contribution in [1.82, 2.24) is 0 Å². The highest BCUT2D eigenvalue weighted by Gasteiger charge is 2.07. The molecule has 2 nitrogen and oxygen atoms in total. The van der Waals surface area contributed by atoms with Crippen molar-refractivity contribution in [3.63, 3.8) is 0 Å². The Morgan fingerprint density at radius 2 is 1.77 bits per heavy atom. The summed E-state index contributed by atoms with van der Waals surface area (Å²) in [6.07, 6.45) is 0. The molecule has 72 valence electrons. The van der Waals surface area contributed by atoms with E-state index in [0.717, 1.165) is 11.0 Å². The molecule has 0 saturated carbocycles. The number of nitrogens with zero attached hydrogens (tertiary/aromatic N) is 1. The third-order valence-electron chi connectivity index (χ3n) is 1.88. The lowest BCUT2D eigenvalue weighted by Gasteiger charge is -2.24. The Balaban J connectivity index is 2.78. The van der Waals surface area contributed by atoms with Crippen LogP contribution in [0.25, 0.3) is 0 Å². The molecule has 2 N–H and O–H groups in total. The summed E-state index contributed by atoms with van der Waals surface area (Å²) in [5.41, 5.74) is 8.15. The molecule has 1 rings (SSSR count). The van der Waals surface area contributed by atoms with Crippen LogP contribution in [-0.4, -0.2) is 25.6 Å². The fraction of sp³-hybridized carbons (Fsp3) is 0.455. The van der Waals surface area contributed by atoms with Crippen molar-refractivity contribution >= 4 is 0 Å². The second kappa shape index (κ2) is 3.90. The summed E-state index contributed by atoms with van der Waals surface area (Å²) in [6, 6.07) is 8.48. The van der Waals surface area contributed by atoms with Crippen molar-refractivity contribution in [2.45, 2.75) is 13.1 Å². The van der Waals surface area contributed by atoms with Crippen LogP contribution < -0.4 is 5.73 Å². The molecule has 0 amide bonds. The predicted molar refractivity (Wildman–Crippen MR) is 56.1 cm³/mol. The van der Waals surface area contributed by atoms with Crippen molar-refractivity contribution < 1.29 is 4.48 Å². The zero-order valence-electron chi connectivity index (χ0n) is 8.75. The van der Waals surface area contributed by atoms with Crippen LogP contribution in [0.3, 0.4) is 0 Å². The first-order valence-electron chi connectivity index (χ1n) is 4.59. The average molecular weight is 179 g/mol. The summed E-state index contributed by atoms with van der Waals surface area (Å²) in [6.45, 7) is 1.68. The first-order valence-corrected chi connectivity index (χ1v) is 4.59. The molecule has 13 heavy (non-hydrogen) atoms. The SMILES string of the molecule is C[N+](C)(C)Cc1cccc(CN)c1. The van der Waals surface area contributed by atoms with Gasteiger partial charge < -0.3 is 10.2 Å². The van der Waals surface area contributed by atoms with Gasteiger partial charge in [0, 0.05) is 12.1 Å². The molecule has 0 aliphatic rings. The van der Waals surface area contributed by atoms with Crippen LogP contribution in [0.4, 0.5) is 0 Å². The maximum atomic E-state index is 5.58. The van der Waals surface area contributed by atoms with Crippen molar-refractivity contribution in [2.24, 2.45) is 5.73 Å². The van der Waals surface area contributed by atoms with E-state index in [4.69, 9.17) is 5.73 Å². The smallest absolute Gasteiger partial charge is 0.104 e. The second-order valence-corrected chi connectivity index (χ2v) is 4.47. The topological polar surface area (TPSA) is 26.0 Å². The van der Waals surface area contributed by atoms with Gasteiger partial charge in [0.05, 0.1) is 21.1 Å². The van der Waals surface area contributed by atoms with Gasteiger partial charge in [0.1, 0.15) is 6.54 Å². The molecule has 1 aromatic carbocycles. The lowest BCUT2D eigenvalue weighted by Crippen LogP contribution is -2.33. The number of quaternary nitrogens is 1. The molecule has 0 saturated heterocycles. The van der Waals surface area contributed by atoms with E-state index in [1.54, 1.807) is 0 Å². The van der Waals surface area contributed by atoms with E-state index in [2.05, 4.69) is 45.4 Å². The molecule has 0 aromatic heterocycles. The number of benzene rings is 1. The fourth-order valence-electron chi connectivity index (χ4n) is 1.40. The summed E-state index contributed by atoms with van der Waals surface area (Å²) in [7, 11) is 6.57. The van der Waals surface area contributed by atoms with Crippen LogP contribution in [0.15, 0.2) is 24.3 Å². The molecule has 0 heterocycles. The van der Waals surface area contributed by atoms with Crippen LogP contribution in [0.5, 0.6) is 0 Å². The van der Waals surface area contributed by atoms with Crippen molar-refractivity contribution in [3.8, 4) is 0 Å². The Kier molecular flexibility index (Phi) is 3.07. The van der Waals surface area contributed by atoms with Gasteiger partial charge in [-0.3, -0.25) is 0 Å². The third-order valence-corrected chi connectivity index (χ3v) is 1.88. The summed E-state index contributed by atoms with van der Waals surface area (Å²) in [5, 5.41) is 0. The first-order chi connectivity index (χ1) is 6.01. The Bertz CT molecular complexity index is 274. The highest BCUT2D eigenvalue weighted by atomic mass is 15.3. The highest BCUT2D eigenvalue weighted by molar-refractivity contribution is 5.22. The van der Waals surface area contributed by atoms with E-state index < -0.39 is 0 Å². The van der Waals surface area contributed by atoms with Gasteiger partial charge in [0.25, 0.3) is 0 Å². The molecule has 0 unspecified atom stereocenters. The van der Waals surface area contributed by atoms with Crippen LogP contribution in [0.2, 0.25) is 0 Å². The predicted octanol–water partition coefficient (Wildman–Crippen LogP) is 1.35. The van der Waals surface area contributed by atoms with E-state index >= 15 is 0 Å². The van der Waals surface area contributed by atoms with Gasteiger partial charge in [0.2, 0.25) is 0 Å². The lowest BCUT2D eigenvalue weighted by atomic mass is 10.1. The average Bonchev–Trinajstić information content (AvgIpc) is 2.01. The van der Waals surface area contributed by atoms with Gasteiger partial charge in [-0.1, -0.05) is 18.2 Å². The van der Waals surface area contributed by atoms with Crippen LogP contribution in [-0.2, 0) is 13.1 Å². The fourth-order valence-corrected chi connectivity index (χ4v) is 1.40. The summed E-state index contributed by atoms with van der Waals surface area (Å²) in [5.74, 6) is 0. The molecule has 0 aliphatic heterocycles. The molecular formula is C11H19N2+. The molecular weight excluding hydrogens is 160 g/mol. The number of hydrogen-bond donors (Lipinski definition) is 1. The highest BCUT2D eigenvalue weighted by Crippen LogP contribution is 2.09. The minimum Gasteiger partial charge on any atom is -0.327 e. The minimum absolute atomic E-state index is 0.630.